The molecule has 0 bridgehead atoms. The molecule has 1 unspecified atom stereocenters. The summed E-state index contributed by atoms with van der Waals surface area (Å²) >= 11 is 0. The van der Waals surface area contributed by atoms with E-state index in [9.17, 15) is 14.4 Å². The number of ether oxygens (including phenoxy) is 1. The molecule has 1 amide bonds. The van der Waals surface area contributed by atoms with Crippen molar-refractivity contribution in [3.05, 3.63) is 83.2 Å². The fourth-order valence-corrected chi connectivity index (χ4v) is 4.19. The highest BCUT2D eigenvalue weighted by Gasteiger charge is 2.36. The van der Waals surface area contributed by atoms with Gasteiger partial charge in [0.05, 0.1) is 5.92 Å². The van der Waals surface area contributed by atoms with Gasteiger partial charge in [-0.1, -0.05) is 35.9 Å². The molecule has 2 heterocycles. The molecule has 1 fully saturated rings. The van der Waals surface area contributed by atoms with E-state index in [4.69, 9.17) is 4.74 Å². The van der Waals surface area contributed by atoms with E-state index in [-0.39, 0.29) is 31.3 Å². The van der Waals surface area contributed by atoms with E-state index < -0.39 is 11.9 Å². The monoisotopic (exact) mass is 430 g/mol. The number of nitrogens with zero attached hydrogens (tertiary/aromatic N) is 2. The number of benzene rings is 2. The number of esters is 1. The summed E-state index contributed by atoms with van der Waals surface area (Å²) in [5.74, 6) is -1.46. The fourth-order valence-electron chi connectivity index (χ4n) is 4.19. The molecule has 2 aromatic carbocycles. The summed E-state index contributed by atoms with van der Waals surface area (Å²) in [4.78, 5) is 39.4. The first-order valence-electron chi connectivity index (χ1n) is 10.7. The number of para-hydroxylation sites is 1. The molecule has 3 aromatic rings. The summed E-state index contributed by atoms with van der Waals surface area (Å²) in [7, 11) is 0. The van der Waals surface area contributed by atoms with Gasteiger partial charge in [0.1, 0.15) is 0 Å². The third-order valence-electron chi connectivity index (χ3n) is 5.90. The Morgan fingerprint density at radius 1 is 0.969 bits per heavy atom. The standard InChI is InChI=1S/C26H26N2O4/c1-17-9-11-21(12-10-17)27-15-20(14-25(27)30)26(31)32-16-24(29)23-13-18(2)28(19(23)3)22-7-5-4-6-8-22/h4-13,20H,14-16H2,1-3H3. The minimum atomic E-state index is -0.576. The molecule has 0 N–H and O–H groups in total. The summed E-state index contributed by atoms with van der Waals surface area (Å²) in [5.41, 5.74) is 5.10. The van der Waals surface area contributed by atoms with Gasteiger partial charge in [0.25, 0.3) is 0 Å². The molecule has 0 radical (unpaired) electrons. The molecule has 0 saturated carbocycles. The smallest absolute Gasteiger partial charge is 0.311 e. The second kappa shape index (κ2) is 8.83. The van der Waals surface area contributed by atoms with Gasteiger partial charge in [0.2, 0.25) is 11.7 Å². The normalized spacial score (nSPS) is 15.8. The van der Waals surface area contributed by atoms with Crippen molar-refractivity contribution in [1.82, 2.24) is 4.57 Å². The SMILES string of the molecule is Cc1ccc(N2CC(C(=O)OCC(=O)c3cc(C)n(-c4ccccc4)c3C)CC2=O)cc1. The van der Waals surface area contributed by atoms with Crippen LogP contribution in [0.4, 0.5) is 5.69 Å². The molecule has 164 valence electrons. The Bertz CT molecular complexity index is 1160. The lowest BCUT2D eigenvalue weighted by atomic mass is 10.1. The molecule has 0 aliphatic carbocycles. The van der Waals surface area contributed by atoms with Crippen LogP contribution >= 0.6 is 0 Å². The van der Waals surface area contributed by atoms with Crippen molar-refractivity contribution in [2.45, 2.75) is 27.2 Å². The molecular formula is C26H26N2O4. The molecule has 1 atom stereocenters. The maximum absolute atomic E-state index is 12.8. The summed E-state index contributed by atoms with van der Waals surface area (Å²) < 4.78 is 7.33. The van der Waals surface area contributed by atoms with E-state index >= 15 is 0 Å². The van der Waals surface area contributed by atoms with Gasteiger partial charge in [0.15, 0.2) is 6.61 Å². The van der Waals surface area contributed by atoms with Gasteiger partial charge < -0.3 is 14.2 Å². The van der Waals surface area contributed by atoms with E-state index in [0.717, 1.165) is 28.3 Å². The molecule has 1 aliphatic heterocycles. The van der Waals surface area contributed by atoms with Gasteiger partial charge in [-0.3, -0.25) is 14.4 Å². The van der Waals surface area contributed by atoms with Crippen LogP contribution in [0.1, 0.15) is 33.7 Å². The minimum absolute atomic E-state index is 0.0867. The van der Waals surface area contributed by atoms with Crippen LogP contribution in [0, 0.1) is 26.7 Å². The van der Waals surface area contributed by atoms with Crippen LogP contribution in [0.25, 0.3) is 5.69 Å². The number of carbonyl (C=O) groups is 3. The predicted molar refractivity (Wildman–Crippen MR) is 122 cm³/mol. The maximum atomic E-state index is 12.8. The lowest BCUT2D eigenvalue weighted by Gasteiger charge is -2.16. The number of rotatable bonds is 6. The van der Waals surface area contributed by atoms with Crippen LogP contribution in [0.5, 0.6) is 0 Å². The molecule has 6 nitrogen and oxygen atoms in total. The highest BCUT2D eigenvalue weighted by Crippen LogP contribution is 2.26. The number of aromatic nitrogens is 1. The number of ketones is 1. The van der Waals surface area contributed by atoms with Gasteiger partial charge in [-0.15, -0.1) is 0 Å². The summed E-state index contributed by atoms with van der Waals surface area (Å²) in [6.45, 7) is 5.71. The van der Waals surface area contributed by atoms with Crippen molar-refractivity contribution in [3.63, 3.8) is 0 Å². The number of anilines is 1. The number of hydrogen-bond acceptors (Lipinski definition) is 4. The molecule has 1 aromatic heterocycles. The zero-order valence-electron chi connectivity index (χ0n) is 18.5. The molecule has 1 saturated heterocycles. The van der Waals surface area contributed by atoms with Crippen molar-refractivity contribution in [1.29, 1.82) is 0 Å². The molecule has 4 rings (SSSR count). The van der Waals surface area contributed by atoms with Gasteiger partial charge >= 0.3 is 5.97 Å². The van der Waals surface area contributed by atoms with Crippen molar-refractivity contribution in [3.8, 4) is 5.69 Å². The van der Waals surface area contributed by atoms with E-state index in [0.29, 0.717) is 5.56 Å². The summed E-state index contributed by atoms with van der Waals surface area (Å²) in [6.07, 6.45) is 0.0867. The molecular weight excluding hydrogens is 404 g/mol. The Kier molecular flexibility index (Phi) is 5.95. The average molecular weight is 431 g/mol. The van der Waals surface area contributed by atoms with Crippen LogP contribution in [-0.4, -0.2) is 35.4 Å². The van der Waals surface area contributed by atoms with Gasteiger partial charge in [0, 0.05) is 41.3 Å². The Morgan fingerprint density at radius 3 is 2.34 bits per heavy atom. The van der Waals surface area contributed by atoms with E-state index in [1.807, 2.05) is 86.0 Å². The lowest BCUT2D eigenvalue weighted by Crippen LogP contribution is -2.27. The second-order valence-electron chi connectivity index (χ2n) is 8.23. The van der Waals surface area contributed by atoms with E-state index in [1.165, 1.54) is 0 Å². The Balaban J connectivity index is 1.40. The lowest BCUT2D eigenvalue weighted by molar-refractivity contribution is -0.147. The van der Waals surface area contributed by atoms with Gasteiger partial charge in [-0.05, 0) is 51.1 Å². The third kappa shape index (κ3) is 4.21. The zero-order valence-corrected chi connectivity index (χ0v) is 18.5. The van der Waals surface area contributed by atoms with Crippen molar-refractivity contribution in [2.75, 3.05) is 18.1 Å². The first-order valence-corrected chi connectivity index (χ1v) is 10.7. The van der Waals surface area contributed by atoms with E-state index in [1.54, 1.807) is 4.90 Å². The Labute approximate surface area is 187 Å². The van der Waals surface area contributed by atoms with Crippen LogP contribution in [0.15, 0.2) is 60.7 Å². The van der Waals surface area contributed by atoms with Gasteiger partial charge in [-0.25, -0.2) is 0 Å². The predicted octanol–water partition coefficient (Wildman–Crippen LogP) is 4.18. The van der Waals surface area contributed by atoms with Gasteiger partial charge in [-0.2, -0.15) is 0 Å². The number of Topliss-reactive ketones (excluding diaryl/α,β-unsaturated/α-hetero) is 1. The van der Waals surface area contributed by atoms with Crippen molar-refractivity contribution < 1.29 is 19.1 Å². The topological polar surface area (TPSA) is 68.6 Å². The minimum Gasteiger partial charge on any atom is -0.457 e. The number of aryl methyl sites for hydroxylation is 2. The second-order valence-corrected chi connectivity index (χ2v) is 8.23. The highest BCUT2D eigenvalue weighted by atomic mass is 16.5. The largest absolute Gasteiger partial charge is 0.457 e. The summed E-state index contributed by atoms with van der Waals surface area (Å²) in [6, 6.07) is 19.2. The molecule has 32 heavy (non-hydrogen) atoms. The number of amides is 1. The third-order valence-corrected chi connectivity index (χ3v) is 5.90. The first kappa shape index (κ1) is 21.6. The Morgan fingerprint density at radius 2 is 1.66 bits per heavy atom. The summed E-state index contributed by atoms with van der Waals surface area (Å²) in [5, 5.41) is 0. The molecule has 0 spiro atoms. The fraction of sp³-hybridized carbons (Fsp3) is 0.269. The van der Waals surface area contributed by atoms with E-state index in [2.05, 4.69) is 0 Å². The molecule has 6 heteroatoms. The zero-order chi connectivity index (χ0) is 22.8. The highest BCUT2D eigenvalue weighted by molar-refractivity contribution is 6.01. The van der Waals surface area contributed by atoms with Crippen molar-refractivity contribution >= 4 is 23.3 Å². The maximum Gasteiger partial charge on any atom is 0.311 e. The Hall–Kier alpha value is -3.67. The van der Waals surface area contributed by atoms with Crippen LogP contribution in [-0.2, 0) is 14.3 Å². The van der Waals surface area contributed by atoms with Crippen LogP contribution < -0.4 is 4.90 Å². The number of carbonyl (C=O) groups excluding carboxylic acids is 3. The number of hydrogen-bond donors (Lipinski definition) is 0. The quantitative estimate of drug-likeness (QED) is 0.435. The van der Waals surface area contributed by atoms with Crippen LogP contribution in [0.3, 0.4) is 0 Å². The van der Waals surface area contributed by atoms with Crippen LogP contribution in [0.2, 0.25) is 0 Å². The first-order chi connectivity index (χ1) is 15.3. The van der Waals surface area contributed by atoms with Crippen molar-refractivity contribution in [2.24, 2.45) is 5.92 Å². The molecule has 1 aliphatic rings. The average Bonchev–Trinajstić information content (AvgIpc) is 3.32.